The average Bonchev–Trinajstić information content (AvgIpc) is 2.84. The molecule has 172 valence electrons. The molecule has 0 radical (unpaired) electrons. The van der Waals surface area contributed by atoms with Gasteiger partial charge in [0.15, 0.2) is 0 Å². The van der Waals surface area contributed by atoms with Gasteiger partial charge in [0.1, 0.15) is 5.69 Å². The van der Waals surface area contributed by atoms with Gasteiger partial charge in [-0.3, -0.25) is 14.5 Å². The van der Waals surface area contributed by atoms with E-state index in [1.165, 1.54) is 25.1 Å². The van der Waals surface area contributed by atoms with Gasteiger partial charge < -0.3 is 5.32 Å². The van der Waals surface area contributed by atoms with Crippen molar-refractivity contribution in [2.24, 2.45) is 0 Å². The van der Waals surface area contributed by atoms with Crippen LogP contribution in [0.1, 0.15) is 10.5 Å². The van der Waals surface area contributed by atoms with Crippen LogP contribution < -0.4 is 10.2 Å². The Morgan fingerprint density at radius 3 is 2.06 bits per heavy atom. The zero-order chi connectivity index (χ0) is 24.2. The number of nitrogens with zero attached hydrogens (tertiary/aromatic N) is 3. The van der Waals surface area contributed by atoms with Gasteiger partial charge in [-0.25, -0.2) is 14.8 Å². The van der Waals surface area contributed by atoms with Crippen molar-refractivity contribution in [3.63, 3.8) is 0 Å². The second-order valence-corrected chi connectivity index (χ2v) is 8.10. The number of carbonyl (C=O) groups excluding carboxylic acids is 2. The number of anilines is 3. The molecular formula is C25H20Cl2N4O3. The number of halogens is 2. The Morgan fingerprint density at radius 2 is 1.50 bits per heavy atom. The molecule has 34 heavy (non-hydrogen) atoms. The van der Waals surface area contributed by atoms with Gasteiger partial charge in [-0.15, -0.1) is 0 Å². The lowest BCUT2D eigenvalue weighted by Crippen LogP contribution is -2.31. The SMILES string of the molecule is CON(C)C(=O)c1cc(NC(=O)N(c2ccccc2)c2ccccc2)c2c(Cl)cc(Cl)cc2n1. The molecule has 3 aromatic carbocycles. The third-order valence-electron chi connectivity index (χ3n) is 5.08. The molecule has 0 fully saturated rings. The van der Waals surface area contributed by atoms with Crippen molar-refractivity contribution in [3.8, 4) is 0 Å². The second-order valence-electron chi connectivity index (χ2n) is 7.26. The number of nitrogens with one attached hydrogen (secondary N) is 1. The van der Waals surface area contributed by atoms with E-state index in [0.29, 0.717) is 33.0 Å². The maximum atomic E-state index is 13.6. The number of amides is 3. The monoisotopic (exact) mass is 494 g/mol. The number of benzene rings is 3. The van der Waals surface area contributed by atoms with Crippen LogP contribution in [0.4, 0.5) is 21.9 Å². The van der Waals surface area contributed by atoms with E-state index < -0.39 is 11.9 Å². The van der Waals surface area contributed by atoms with Crippen molar-refractivity contribution in [3.05, 3.63) is 94.6 Å². The fourth-order valence-electron chi connectivity index (χ4n) is 3.45. The van der Waals surface area contributed by atoms with Gasteiger partial charge in [-0.1, -0.05) is 59.6 Å². The zero-order valence-corrected chi connectivity index (χ0v) is 19.8. The minimum atomic E-state index is -0.501. The molecule has 1 heterocycles. The van der Waals surface area contributed by atoms with E-state index in [2.05, 4.69) is 10.3 Å². The topological polar surface area (TPSA) is 74.8 Å². The number of hydroxylamine groups is 2. The number of para-hydroxylation sites is 2. The summed E-state index contributed by atoms with van der Waals surface area (Å²) in [6.45, 7) is 0. The number of rotatable bonds is 5. The van der Waals surface area contributed by atoms with Crippen LogP contribution in [0.2, 0.25) is 10.0 Å². The first kappa shape index (κ1) is 23.5. The normalized spacial score (nSPS) is 10.7. The van der Waals surface area contributed by atoms with Crippen LogP contribution in [0, 0.1) is 0 Å². The summed E-state index contributed by atoms with van der Waals surface area (Å²) in [4.78, 5) is 37.3. The van der Waals surface area contributed by atoms with E-state index in [9.17, 15) is 9.59 Å². The first-order valence-corrected chi connectivity index (χ1v) is 11.0. The number of urea groups is 1. The van der Waals surface area contributed by atoms with E-state index in [1.54, 1.807) is 12.1 Å². The summed E-state index contributed by atoms with van der Waals surface area (Å²) in [6, 6.07) is 22.6. The summed E-state index contributed by atoms with van der Waals surface area (Å²) in [5.41, 5.74) is 2.04. The summed E-state index contributed by atoms with van der Waals surface area (Å²) >= 11 is 12.7. The number of aromatic nitrogens is 1. The highest BCUT2D eigenvalue weighted by Gasteiger charge is 2.22. The van der Waals surface area contributed by atoms with Crippen LogP contribution >= 0.6 is 23.2 Å². The molecule has 1 N–H and O–H groups in total. The second kappa shape index (κ2) is 10.1. The number of pyridine rings is 1. The predicted octanol–water partition coefficient (Wildman–Crippen LogP) is 6.55. The van der Waals surface area contributed by atoms with Gasteiger partial charge in [0.2, 0.25) is 0 Å². The van der Waals surface area contributed by atoms with Crippen molar-refractivity contribution in [2.75, 3.05) is 24.4 Å². The molecule has 0 aliphatic carbocycles. The lowest BCUT2D eigenvalue weighted by atomic mass is 10.1. The lowest BCUT2D eigenvalue weighted by Gasteiger charge is -2.24. The van der Waals surface area contributed by atoms with Crippen LogP contribution in [0.5, 0.6) is 0 Å². The molecule has 0 saturated carbocycles. The van der Waals surface area contributed by atoms with Gasteiger partial charge in [0, 0.05) is 17.5 Å². The molecule has 0 spiro atoms. The average molecular weight is 495 g/mol. The number of carbonyl (C=O) groups is 2. The summed E-state index contributed by atoms with van der Waals surface area (Å²) in [5.74, 6) is -0.501. The third-order valence-corrected chi connectivity index (χ3v) is 5.59. The molecule has 3 amide bonds. The van der Waals surface area contributed by atoms with Crippen molar-refractivity contribution in [2.45, 2.75) is 0 Å². The summed E-state index contributed by atoms with van der Waals surface area (Å²) in [7, 11) is 2.83. The van der Waals surface area contributed by atoms with Crippen LogP contribution in [-0.4, -0.2) is 36.1 Å². The first-order valence-electron chi connectivity index (χ1n) is 10.2. The number of hydrogen-bond donors (Lipinski definition) is 1. The van der Waals surface area contributed by atoms with E-state index in [4.69, 9.17) is 28.0 Å². The highest BCUT2D eigenvalue weighted by Crippen LogP contribution is 2.34. The van der Waals surface area contributed by atoms with Crippen molar-refractivity contribution in [1.29, 1.82) is 0 Å². The molecule has 4 rings (SSSR count). The molecular weight excluding hydrogens is 475 g/mol. The van der Waals surface area contributed by atoms with Crippen molar-refractivity contribution >= 4 is 63.1 Å². The minimum absolute atomic E-state index is 0.0523. The highest BCUT2D eigenvalue weighted by atomic mass is 35.5. The largest absolute Gasteiger partial charge is 0.330 e. The van der Waals surface area contributed by atoms with Crippen LogP contribution in [0.3, 0.4) is 0 Å². The molecule has 0 aliphatic rings. The van der Waals surface area contributed by atoms with Gasteiger partial charge >= 0.3 is 6.03 Å². The Morgan fingerprint density at radius 1 is 0.912 bits per heavy atom. The quantitative estimate of drug-likeness (QED) is 0.319. The van der Waals surface area contributed by atoms with Gasteiger partial charge in [0.25, 0.3) is 5.91 Å². The molecule has 4 aromatic rings. The van der Waals surface area contributed by atoms with Crippen LogP contribution in [0.25, 0.3) is 10.9 Å². The van der Waals surface area contributed by atoms with Crippen molar-refractivity contribution in [1.82, 2.24) is 10.0 Å². The molecule has 0 unspecified atom stereocenters. The fraction of sp³-hybridized carbons (Fsp3) is 0.0800. The van der Waals surface area contributed by atoms with Gasteiger partial charge in [0.05, 0.1) is 34.7 Å². The Labute approximate surface area is 206 Å². The van der Waals surface area contributed by atoms with Gasteiger partial charge in [-0.05, 0) is 42.5 Å². The summed E-state index contributed by atoms with van der Waals surface area (Å²) in [6.07, 6.45) is 0. The molecule has 0 aliphatic heterocycles. The maximum absolute atomic E-state index is 13.6. The van der Waals surface area contributed by atoms with Crippen LogP contribution in [-0.2, 0) is 4.84 Å². The molecule has 0 saturated heterocycles. The Balaban J connectivity index is 1.83. The standard InChI is InChI=1S/C25H20Cl2N4O3/c1-30(34-2)24(32)22-15-21(23-19(27)13-16(26)14-20(23)28-22)29-25(33)31(17-9-5-3-6-10-17)18-11-7-4-8-12-18/h3-15H,1-2H3,(H,28,29,33). The molecule has 7 nitrogen and oxygen atoms in total. The Bertz CT molecular complexity index is 1310. The zero-order valence-electron chi connectivity index (χ0n) is 18.3. The van der Waals surface area contributed by atoms with Crippen molar-refractivity contribution < 1.29 is 14.4 Å². The minimum Gasteiger partial charge on any atom is -0.306 e. The van der Waals surface area contributed by atoms with E-state index in [-0.39, 0.29) is 10.7 Å². The number of hydrogen-bond acceptors (Lipinski definition) is 4. The molecule has 0 atom stereocenters. The Kier molecular flexibility index (Phi) is 6.98. The van der Waals surface area contributed by atoms with Crippen LogP contribution in [0.15, 0.2) is 78.9 Å². The van der Waals surface area contributed by atoms with E-state index in [1.807, 2.05) is 60.7 Å². The Hall–Kier alpha value is -3.65. The molecule has 9 heteroatoms. The fourth-order valence-corrected chi connectivity index (χ4v) is 4.03. The smallest absolute Gasteiger partial charge is 0.306 e. The summed E-state index contributed by atoms with van der Waals surface area (Å²) in [5, 5.41) is 5.03. The van der Waals surface area contributed by atoms with E-state index >= 15 is 0 Å². The van der Waals surface area contributed by atoms with E-state index in [0.717, 1.165) is 5.06 Å². The number of fused-ring (bicyclic) bond motifs is 1. The predicted molar refractivity (Wildman–Crippen MR) is 135 cm³/mol. The lowest BCUT2D eigenvalue weighted by molar-refractivity contribution is -0.0760. The summed E-state index contributed by atoms with van der Waals surface area (Å²) < 4.78 is 0. The first-order chi connectivity index (χ1) is 16.4. The van der Waals surface area contributed by atoms with Gasteiger partial charge in [-0.2, -0.15) is 0 Å². The highest BCUT2D eigenvalue weighted by molar-refractivity contribution is 6.39. The molecule has 0 bridgehead atoms. The maximum Gasteiger partial charge on any atom is 0.330 e. The molecule has 1 aromatic heterocycles. The third kappa shape index (κ3) is 4.82.